The van der Waals surface area contributed by atoms with Crippen LogP contribution in [0.3, 0.4) is 0 Å². The van der Waals surface area contributed by atoms with Gasteiger partial charge in [-0.05, 0) is 73.5 Å². The van der Waals surface area contributed by atoms with E-state index in [4.69, 9.17) is 0 Å². The lowest BCUT2D eigenvalue weighted by Gasteiger charge is -2.16. The number of hydrogen-bond acceptors (Lipinski definition) is 6. The zero-order chi connectivity index (χ0) is 23.1. The van der Waals surface area contributed by atoms with Gasteiger partial charge in [-0.25, -0.2) is 0 Å². The monoisotopic (exact) mass is 474 g/mol. The predicted octanol–water partition coefficient (Wildman–Crippen LogP) is 4.65. The molecule has 10 heteroatoms. The fourth-order valence-electron chi connectivity index (χ4n) is 4.89. The number of benzene rings is 1. The summed E-state index contributed by atoms with van der Waals surface area (Å²) in [5.41, 5.74) is 1.43. The third-order valence-corrected chi connectivity index (χ3v) is 7.89. The number of aromatic nitrogens is 5. The van der Waals surface area contributed by atoms with Crippen molar-refractivity contribution >= 4 is 11.8 Å². The lowest BCUT2D eigenvalue weighted by atomic mass is 9.97. The molecule has 0 bridgehead atoms. The third kappa shape index (κ3) is 4.63. The number of alkyl halides is 3. The lowest BCUT2D eigenvalue weighted by molar-refractivity contribution is -0.137. The molecule has 1 spiro atoms. The molecule has 2 atom stereocenters. The van der Waals surface area contributed by atoms with Crippen LogP contribution in [0.2, 0.25) is 0 Å². The van der Waals surface area contributed by atoms with Crippen LogP contribution in [0, 0.1) is 5.41 Å². The Labute approximate surface area is 194 Å². The molecular weight excluding hydrogens is 449 g/mol. The van der Waals surface area contributed by atoms with Crippen molar-refractivity contribution in [3.63, 3.8) is 0 Å². The van der Waals surface area contributed by atoms with Crippen molar-refractivity contribution in [3.05, 3.63) is 53.7 Å². The van der Waals surface area contributed by atoms with E-state index in [2.05, 4.69) is 25.3 Å². The average Bonchev–Trinajstić information content (AvgIpc) is 3.15. The van der Waals surface area contributed by atoms with Gasteiger partial charge in [-0.2, -0.15) is 18.3 Å². The van der Waals surface area contributed by atoms with Crippen LogP contribution in [0.5, 0.6) is 0 Å². The van der Waals surface area contributed by atoms with Crippen LogP contribution in [0.15, 0.2) is 47.8 Å². The predicted molar refractivity (Wildman–Crippen MR) is 120 cm³/mol. The number of nitrogens with zero attached hydrogens (tertiary/aromatic N) is 6. The Hall–Kier alpha value is -2.46. The molecule has 6 nitrogen and oxygen atoms in total. The maximum Gasteiger partial charge on any atom is 0.416 e. The van der Waals surface area contributed by atoms with Crippen LogP contribution in [0.1, 0.15) is 36.3 Å². The van der Waals surface area contributed by atoms with Crippen molar-refractivity contribution in [2.24, 2.45) is 12.5 Å². The highest BCUT2D eigenvalue weighted by molar-refractivity contribution is 7.99. The Kier molecular flexibility index (Phi) is 5.90. The molecule has 1 aliphatic carbocycles. The molecule has 3 aromatic rings. The summed E-state index contributed by atoms with van der Waals surface area (Å²) in [5, 5.41) is 17.4. The van der Waals surface area contributed by atoms with E-state index in [1.54, 1.807) is 30.1 Å². The zero-order valence-corrected chi connectivity index (χ0v) is 19.1. The summed E-state index contributed by atoms with van der Waals surface area (Å²) in [6, 6.07) is 9.45. The van der Waals surface area contributed by atoms with Crippen LogP contribution in [0.25, 0.3) is 11.5 Å². The molecule has 2 fully saturated rings. The minimum Gasteiger partial charge on any atom is -0.304 e. The number of halogens is 3. The van der Waals surface area contributed by atoms with Gasteiger partial charge >= 0.3 is 6.18 Å². The van der Waals surface area contributed by atoms with Crippen molar-refractivity contribution in [2.45, 2.75) is 36.5 Å². The Morgan fingerprint density at radius 2 is 1.94 bits per heavy atom. The molecule has 1 saturated carbocycles. The summed E-state index contributed by atoms with van der Waals surface area (Å²) in [7, 11) is 1.94. The number of likely N-dealkylation sites (tertiary alicyclic amines) is 1. The third-order valence-electron chi connectivity index (χ3n) is 6.78. The van der Waals surface area contributed by atoms with Gasteiger partial charge < -0.3 is 9.47 Å². The molecule has 5 rings (SSSR count). The molecule has 0 amide bonds. The SMILES string of the molecule is Cn1c(SCCCN2CC[C@]3(C[C@@H]3c3ccc(C(F)(F)F)cc3)C2)nnc1-c1cccnn1. The average molecular weight is 475 g/mol. The maximum absolute atomic E-state index is 12.8. The first-order valence-electron chi connectivity index (χ1n) is 11.1. The normalized spacial score (nSPS) is 22.8. The first-order valence-corrected chi connectivity index (χ1v) is 12.0. The minimum absolute atomic E-state index is 0.252. The van der Waals surface area contributed by atoms with Crippen LogP contribution >= 0.6 is 11.8 Å². The highest BCUT2D eigenvalue weighted by atomic mass is 32.2. The molecule has 3 heterocycles. The fraction of sp³-hybridized carbons (Fsp3) is 0.478. The second-order valence-corrected chi connectivity index (χ2v) is 10.0. The zero-order valence-electron chi connectivity index (χ0n) is 18.3. The van der Waals surface area contributed by atoms with Crippen LogP contribution in [-0.4, -0.2) is 55.2 Å². The summed E-state index contributed by atoms with van der Waals surface area (Å²) in [5.74, 6) is 2.03. The van der Waals surface area contributed by atoms with Crippen LogP contribution in [-0.2, 0) is 13.2 Å². The van der Waals surface area contributed by atoms with E-state index >= 15 is 0 Å². The molecule has 2 aliphatic rings. The van der Waals surface area contributed by atoms with Crippen molar-refractivity contribution in [2.75, 3.05) is 25.4 Å². The molecule has 0 unspecified atom stereocenters. The molecule has 174 valence electrons. The summed E-state index contributed by atoms with van der Waals surface area (Å²) < 4.78 is 40.4. The second-order valence-electron chi connectivity index (χ2n) is 8.94. The van der Waals surface area contributed by atoms with E-state index in [1.807, 2.05) is 23.7 Å². The van der Waals surface area contributed by atoms with Gasteiger partial charge in [0, 0.05) is 25.5 Å². The number of hydrogen-bond donors (Lipinski definition) is 0. The summed E-state index contributed by atoms with van der Waals surface area (Å²) in [4.78, 5) is 2.49. The quantitative estimate of drug-likeness (QED) is 0.367. The Bertz CT molecular complexity index is 1100. The molecular formula is C23H25F3N6S. The first kappa shape index (κ1) is 22.3. The van der Waals surface area contributed by atoms with Gasteiger partial charge in [0.2, 0.25) is 0 Å². The first-order chi connectivity index (χ1) is 15.9. The minimum atomic E-state index is -4.27. The van der Waals surface area contributed by atoms with Crippen molar-refractivity contribution in [1.29, 1.82) is 0 Å². The maximum atomic E-state index is 12.8. The highest BCUT2D eigenvalue weighted by Gasteiger charge is 2.57. The van der Waals surface area contributed by atoms with Gasteiger partial charge in [-0.3, -0.25) is 0 Å². The molecule has 0 radical (unpaired) electrons. The standard InChI is InChI=1S/C23H25F3N6S/c1-31-20(19-4-2-10-27-28-19)29-30-21(31)33-13-3-11-32-12-9-22(15-32)14-18(22)16-5-7-17(8-6-16)23(24,25)26/h2,4-8,10,18H,3,9,11-15H2,1H3/t18-,22+/m1/s1. The molecule has 1 saturated heterocycles. The van der Waals surface area contributed by atoms with Gasteiger partial charge in [-0.15, -0.1) is 15.3 Å². The fourth-order valence-corrected chi connectivity index (χ4v) is 5.72. The Balaban J connectivity index is 1.09. The lowest BCUT2D eigenvalue weighted by Crippen LogP contribution is -2.23. The number of rotatable bonds is 7. The smallest absolute Gasteiger partial charge is 0.304 e. The van der Waals surface area contributed by atoms with E-state index in [1.165, 1.54) is 12.1 Å². The van der Waals surface area contributed by atoms with Crippen molar-refractivity contribution < 1.29 is 13.2 Å². The van der Waals surface area contributed by atoms with E-state index < -0.39 is 11.7 Å². The molecule has 1 aliphatic heterocycles. The molecule has 33 heavy (non-hydrogen) atoms. The van der Waals surface area contributed by atoms with Crippen molar-refractivity contribution in [1.82, 2.24) is 29.9 Å². The second kappa shape index (κ2) is 8.72. The van der Waals surface area contributed by atoms with Gasteiger partial charge in [0.15, 0.2) is 11.0 Å². The Morgan fingerprint density at radius 1 is 1.12 bits per heavy atom. The van der Waals surface area contributed by atoms with Gasteiger partial charge in [0.25, 0.3) is 0 Å². The summed E-state index contributed by atoms with van der Waals surface area (Å²) in [6.45, 7) is 3.11. The van der Waals surface area contributed by atoms with Crippen molar-refractivity contribution in [3.8, 4) is 11.5 Å². The van der Waals surface area contributed by atoms with Crippen LogP contribution < -0.4 is 0 Å². The summed E-state index contributed by atoms with van der Waals surface area (Å²) >= 11 is 1.68. The molecule has 2 aromatic heterocycles. The molecule has 1 aromatic carbocycles. The van der Waals surface area contributed by atoms with E-state index in [9.17, 15) is 13.2 Å². The Morgan fingerprint density at radius 3 is 2.67 bits per heavy atom. The molecule has 0 N–H and O–H groups in total. The van der Waals surface area contributed by atoms with Gasteiger partial charge in [0.1, 0.15) is 5.69 Å². The largest absolute Gasteiger partial charge is 0.416 e. The van der Waals surface area contributed by atoms with Gasteiger partial charge in [0.05, 0.1) is 5.56 Å². The number of thioether (sulfide) groups is 1. The topological polar surface area (TPSA) is 59.7 Å². The van der Waals surface area contributed by atoms with E-state index in [0.717, 1.165) is 55.4 Å². The highest BCUT2D eigenvalue weighted by Crippen LogP contribution is 2.64. The van der Waals surface area contributed by atoms with Crippen LogP contribution in [0.4, 0.5) is 13.2 Å². The van der Waals surface area contributed by atoms with E-state index in [-0.39, 0.29) is 5.41 Å². The summed E-state index contributed by atoms with van der Waals surface area (Å²) in [6.07, 6.45) is 0.596. The van der Waals surface area contributed by atoms with Gasteiger partial charge in [-0.1, -0.05) is 23.9 Å². The van der Waals surface area contributed by atoms with E-state index in [0.29, 0.717) is 17.4 Å².